The molecule has 8 nitrogen and oxygen atoms in total. The van der Waals surface area contributed by atoms with E-state index in [-0.39, 0.29) is 41.8 Å². The largest absolute Gasteiger partial charge is 0.462 e. The highest BCUT2D eigenvalue weighted by Gasteiger charge is 2.29. The van der Waals surface area contributed by atoms with Crippen LogP contribution in [0.1, 0.15) is 45.4 Å². The number of carbonyl (C=O) groups excluding carboxylic acids is 3. The molecule has 1 aliphatic heterocycles. The minimum atomic E-state index is -0.876. The average molecular weight is 411 g/mol. The highest BCUT2D eigenvalue weighted by atomic mass is 16.5. The van der Waals surface area contributed by atoms with E-state index >= 15 is 0 Å². The SMILES string of the molecule is CCOC(=O)c1c(C)oc(NC(=O)CN2CC=C(c3ccccc3)CC2)c1C(N)=O. The van der Waals surface area contributed by atoms with Gasteiger partial charge in [0.25, 0.3) is 5.91 Å². The van der Waals surface area contributed by atoms with Crippen LogP contribution in [0.3, 0.4) is 0 Å². The Morgan fingerprint density at radius 1 is 1.20 bits per heavy atom. The molecule has 0 fully saturated rings. The summed E-state index contributed by atoms with van der Waals surface area (Å²) in [5.74, 6) is -1.93. The Labute approximate surface area is 174 Å². The number of primary amides is 1. The number of hydrogen-bond donors (Lipinski definition) is 2. The van der Waals surface area contributed by atoms with E-state index in [1.165, 1.54) is 18.1 Å². The van der Waals surface area contributed by atoms with Gasteiger partial charge in [0.2, 0.25) is 11.8 Å². The van der Waals surface area contributed by atoms with Crippen molar-refractivity contribution in [2.24, 2.45) is 5.73 Å². The second kappa shape index (κ2) is 9.41. The van der Waals surface area contributed by atoms with Gasteiger partial charge in [0.15, 0.2) is 0 Å². The van der Waals surface area contributed by atoms with E-state index in [4.69, 9.17) is 14.9 Å². The molecule has 8 heteroatoms. The summed E-state index contributed by atoms with van der Waals surface area (Å²) < 4.78 is 10.4. The molecule has 0 bridgehead atoms. The molecule has 1 aromatic carbocycles. The number of nitrogens with two attached hydrogens (primary N) is 1. The number of furan rings is 1. The summed E-state index contributed by atoms with van der Waals surface area (Å²) in [4.78, 5) is 38.5. The highest BCUT2D eigenvalue weighted by molar-refractivity contribution is 6.10. The minimum Gasteiger partial charge on any atom is -0.462 e. The van der Waals surface area contributed by atoms with E-state index in [0.717, 1.165) is 13.0 Å². The molecule has 1 aromatic heterocycles. The quantitative estimate of drug-likeness (QED) is 0.677. The van der Waals surface area contributed by atoms with Gasteiger partial charge in [-0.25, -0.2) is 4.79 Å². The lowest BCUT2D eigenvalue weighted by Gasteiger charge is -2.25. The van der Waals surface area contributed by atoms with Crippen LogP contribution < -0.4 is 11.1 Å². The van der Waals surface area contributed by atoms with Crippen molar-refractivity contribution < 1.29 is 23.5 Å². The van der Waals surface area contributed by atoms with Crippen molar-refractivity contribution in [2.75, 3.05) is 31.6 Å². The standard InChI is InChI=1S/C22H25N3O5/c1-3-29-22(28)18-14(2)30-21(19(18)20(23)27)24-17(26)13-25-11-9-16(10-12-25)15-7-5-4-6-8-15/h4-9H,3,10-13H2,1-2H3,(H2,23,27)(H,24,26). The van der Waals surface area contributed by atoms with Crippen LogP contribution in [-0.2, 0) is 9.53 Å². The Balaban J connectivity index is 1.67. The molecule has 2 amide bonds. The summed E-state index contributed by atoms with van der Waals surface area (Å²) in [5, 5.41) is 2.56. The summed E-state index contributed by atoms with van der Waals surface area (Å²) in [6.07, 6.45) is 2.94. The number of ether oxygens (including phenoxy) is 1. The smallest absolute Gasteiger partial charge is 0.342 e. The molecule has 2 aromatic rings. The second-order valence-electron chi connectivity index (χ2n) is 6.95. The summed E-state index contributed by atoms with van der Waals surface area (Å²) >= 11 is 0. The van der Waals surface area contributed by atoms with Gasteiger partial charge >= 0.3 is 5.97 Å². The first-order valence-electron chi connectivity index (χ1n) is 9.77. The molecule has 30 heavy (non-hydrogen) atoms. The van der Waals surface area contributed by atoms with E-state index in [1.54, 1.807) is 6.92 Å². The van der Waals surface area contributed by atoms with Crippen molar-refractivity contribution in [3.05, 3.63) is 58.9 Å². The fourth-order valence-electron chi connectivity index (χ4n) is 3.46. The van der Waals surface area contributed by atoms with Gasteiger partial charge in [0.05, 0.1) is 13.2 Å². The van der Waals surface area contributed by atoms with Gasteiger partial charge in [0.1, 0.15) is 16.9 Å². The van der Waals surface area contributed by atoms with Gasteiger partial charge < -0.3 is 14.9 Å². The third-order valence-corrected chi connectivity index (χ3v) is 4.87. The Bertz CT molecular complexity index is 978. The van der Waals surface area contributed by atoms with Crippen LogP contribution in [0.4, 0.5) is 5.88 Å². The van der Waals surface area contributed by atoms with Crippen LogP contribution >= 0.6 is 0 Å². The molecule has 0 unspecified atom stereocenters. The molecule has 0 atom stereocenters. The van der Waals surface area contributed by atoms with E-state index in [9.17, 15) is 14.4 Å². The Morgan fingerprint density at radius 2 is 1.93 bits per heavy atom. The van der Waals surface area contributed by atoms with Crippen LogP contribution in [0.15, 0.2) is 40.8 Å². The first kappa shape index (κ1) is 21.3. The third kappa shape index (κ3) is 4.77. The normalized spacial score (nSPS) is 14.1. The number of hydrogen-bond acceptors (Lipinski definition) is 6. The molecule has 158 valence electrons. The van der Waals surface area contributed by atoms with Crippen LogP contribution in [-0.4, -0.2) is 48.9 Å². The number of rotatable bonds is 7. The van der Waals surface area contributed by atoms with Crippen LogP contribution in [0, 0.1) is 6.92 Å². The third-order valence-electron chi connectivity index (χ3n) is 4.87. The molecule has 0 saturated heterocycles. The number of aryl methyl sites for hydroxylation is 1. The Kier molecular flexibility index (Phi) is 6.68. The number of benzene rings is 1. The number of esters is 1. The first-order chi connectivity index (χ1) is 14.4. The summed E-state index contributed by atoms with van der Waals surface area (Å²) in [6, 6.07) is 10.1. The van der Waals surface area contributed by atoms with Gasteiger partial charge in [-0.15, -0.1) is 0 Å². The van der Waals surface area contributed by atoms with Crippen molar-refractivity contribution in [2.45, 2.75) is 20.3 Å². The van der Waals surface area contributed by atoms with Crippen molar-refractivity contribution in [1.29, 1.82) is 0 Å². The minimum absolute atomic E-state index is 0.0620. The zero-order chi connectivity index (χ0) is 21.7. The van der Waals surface area contributed by atoms with E-state index in [0.29, 0.717) is 6.54 Å². The summed E-state index contributed by atoms with van der Waals surface area (Å²) in [6.45, 7) is 4.76. The maximum absolute atomic E-state index is 12.5. The average Bonchev–Trinajstić information content (AvgIpc) is 3.05. The van der Waals surface area contributed by atoms with Crippen molar-refractivity contribution in [3.63, 3.8) is 0 Å². The molecule has 2 heterocycles. The van der Waals surface area contributed by atoms with Crippen molar-refractivity contribution >= 4 is 29.2 Å². The number of anilines is 1. The Morgan fingerprint density at radius 3 is 2.53 bits per heavy atom. The van der Waals surface area contributed by atoms with Crippen LogP contribution in [0.25, 0.3) is 5.57 Å². The zero-order valence-corrected chi connectivity index (χ0v) is 17.1. The van der Waals surface area contributed by atoms with Gasteiger partial charge in [-0.05, 0) is 31.4 Å². The van der Waals surface area contributed by atoms with Crippen molar-refractivity contribution in [1.82, 2.24) is 4.90 Å². The zero-order valence-electron chi connectivity index (χ0n) is 17.1. The topological polar surface area (TPSA) is 115 Å². The lowest BCUT2D eigenvalue weighted by atomic mass is 10.00. The van der Waals surface area contributed by atoms with Gasteiger partial charge in [-0.1, -0.05) is 36.4 Å². The van der Waals surface area contributed by atoms with Crippen molar-refractivity contribution in [3.8, 4) is 0 Å². The lowest BCUT2D eigenvalue weighted by Crippen LogP contribution is -2.36. The predicted octanol–water partition coefficient (Wildman–Crippen LogP) is 2.59. The van der Waals surface area contributed by atoms with Gasteiger partial charge in [0, 0.05) is 13.1 Å². The molecule has 0 spiro atoms. The van der Waals surface area contributed by atoms with Gasteiger partial charge in [-0.3, -0.25) is 19.8 Å². The molecule has 1 aliphatic rings. The van der Waals surface area contributed by atoms with Crippen LogP contribution in [0.2, 0.25) is 0 Å². The molecule has 3 N–H and O–H groups in total. The fourth-order valence-corrected chi connectivity index (χ4v) is 3.46. The first-order valence-corrected chi connectivity index (χ1v) is 9.77. The van der Waals surface area contributed by atoms with Crippen LogP contribution in [0.5, 0.6) is 0 Å². The Hall–Kier alpha value is -3.39. The fraction of sp³-hybridized carbons (Fsp3) is 0.318. The molecular formula is C22H25N3O5. The maximum Gasteiger partial charge on any atom is 0.342 e. The molecule has 3 rings (SSSR count). The highest BCUT2D eigenvalue weighted by Crippen LogP contribution is 2.28. The van der Waals surface area contributed by atoms with E-state index in [2.05, 4.69) is 23.5 Å². The lowest BCUT2D eigenvalue weighted by molar-refractivity contribution is -0.117. The predicted molar refractivity (Wildman–Crippen MR) is 112 cm³/mol. The summed E-state index contributed by atoms with van der Waals surface area (Å²) in [5.41, 5.74) is 7.62. The van der Waals surface area contributed by atoms with E-state index < -0.39 is 11.9 Å². The number of carbonyl (C=O) groups is 3. The maximum atomic E-state index is 12.5. The number of nitrogens with zero attached hydrogens (tertiary/aromatic N) is 1. The number of nitrogens with one attached hydrogen (secondary N) is 1. The van der Waals surface area contributed by atoms with Gasteiger partial charge in [-0.2, -0.15) is 0 Å². The van der Waals surface area contributed by atoms with E-state index in [1.807, 2.05) is 23.1 Å². The monoisotopic (exact) mass is 411 g/mol. The second-order valence-corrected chi connectivity index (χ2v) is 6.95. The molecule has 0 radical (unpaired) electrons. The molecule has 0 aliphatic carbocycles. The summed E-state index contributed by atoms with van der Waals surface area (Å²) in [7, 11) is 0. The molecular weight excluding hydrogens is 386 g/mol. The number of amides is 2. The molecule has 0 saturated carbocycles.